The second-order valence-corrected chi connectivity index (χ2v) is 4.32. The average Bonchev–Trinajstić information content (AvgIpc) is 2.57. The van der Waals surface area contributed by atoms with Gasteiger partial charge in [0.2, 0.25) is 11.8 Å². The summed E-state index contributed by atoms with van der Waals surface area (Å²) in [6.07, 6.45) is 0. The first kappa shape index (κ1) is 14.4. The van der Waals surface area contributed by atoms with E-state index in [9.17, 15) is 4.79 Å². The number of methoxy groups -OCH3 is 1. The lowest BCUT2D eigenvalue weighted by Crippen LogP contribution is -2.20. The molecule has 0 saturated heterocycles. The average molecular weight is 312 g/mol. The minimum Gasteiger partial charge on any atom is -0.467 e. The molecule has 0 aliphatic rings. The zero-order chi connectivity index (χ0) is 16.2. The highest BCUT2D eigenvalue weighted by atomic mass is 16.5. The van der Waals surface area contributed by atoms with Crippen LogP contribution in [-0.2, 0) is 0 Å². The van der Waals surface area contributed by atoms with Crippen molar-refractivity contribution in [3.05, 3.63) is 52.8 Å². The molecule has 3 rings (SSSR count). The first-order valence-electron chi connectivity index (χ1n) is 6.55. The van der Waals surface area contributed by atoms with Crippen molar-refractivity contribution in [3.8, 4) is 23.6 Å². The van der Waals surface area contributed by atoms with Crippen molar-refractivity contribution < 1.29 is 9.47 Å². The summed E-state index contributed by atoms with van der Waals surface area (Å²) in [6.45, 7) is 0. The second-order valence-electron chi connectivity index (χ2n) is 4.32. The summed E-state index contributed by atoms with van der Waals surface area (Å²) in [6, 6.07) is 11.6. The molecule has 0 saturated carbocycles. The van der Waals surface area contributed by atoms with Crippen molar-refractivity contribution in [2.24, 2.45) is 0 Å². The highest BCUT2D eigenvalue weighted by Crippen LogP contribution is 2.17. The van der Waals surface area contributed by atoms with E-state index in [1.165, 1.54) is 23.9 Å². The van der Waals surface area contributed by atoms with Crippen LogP contribution in [0.3, 0.4) is 0 Å². The molecule has 3 aromatic rings. The maximum absolute atomic E-state index is 11.9. The summed E-state index contributed by atoms with van der Waals surface area (Å²) in [5, 5.41) is 4.12. The van der Waals surface area contributed by atoms with E-state index < -0.39 is 0 Å². The van der Waals surface area contributed by atoms with Gasteiger partial charge < -0.3 is 15.2 Å². The van der Waals surface area contributed by atoms with Gasteiger partial charge in [0.25, 0.3) is 5.56 Å². The Morgan fingerprint density at radius 3 is 2.48 bits per heavy atom. The number of nitrogens with two attached hydrogens (primary N) is 1. The molecule has 23 heavy (non-hydrogen) atoms. The summed E-state index contributed by atoms with van der Waals surface area (Å²) in [4.78, 5) is 23.4. The summed E-state index contributed by atoms with van der Waals surface area (Å²) < 4.78 is 11.5. The molecule has 9 heteroatoms. The minimum absolute atomic E-state index is 0.0175. The fraction of sp³-hybridized carbons (Fsp3) is 0.0714. The molecule has 0 bridgehead atoms. The van der Waals surface area contributed by atoms with Crippen LogP contribution in [0.25, 0.3) is 5.69 Å². The quantitative estimate of drug-likeness (QED) is 0.751. The Bertz CT molecular complexity index is 881. The van der Waals surface area contributed by atoms with Crippen LogP contribution in [0.15, 0.2) is 47.3 Å². The predicted octanol–water partition coefficient (Wildman–Crippen LogP) is 0.801. The molecule has 0 atom stereocenters. The van der Waals surface area contributed by atoms with Gasteiger partial charge in [-0.05, 0) is 12.1 Å². The van der Waals surface area contributed by atoms with E-state index in [1.807, 2.05) is 6.07 Å². The van der Waals surface area contributed by atoms with E-state index in [4.69, 9.17) is 15.2 Å². The van der Waals surface area contributed by atoms with Crippen LogP contribution in [0.2, 0.25) is 0 Å². The third kappa shape index (κ3) is 3.23. The predicted molar refractivity (Wildman–Crippen MR) is 80.7 cm³/mol. The molecule has 116 valence electrons. The minimum atomic E-state index is -0.295. The summed E-state index contributed by atoms with van der Waals surface area (Å²) in [5.41, 5.74) is 5.85. The normalized spacial score (nSPS) is 10.3. The van der Waals surface area contributed by atoms with Crippen molar-refractivity contribution in [1.29, 1.82) is 0 Å². The van der Waals surface area contributed by atoms with E-state index in [2.05, 4.69) is 20.1 Å². The SMILES string of the molecule is COc1nc(N)nc(Oc2ccc(=O)n(-c3ccccc3)n2)n1. The molecule has 0 spiro atoms. The Balaban J connectivity index is 1.96. The van der Waals surface area contributed by atoms with Crippen LogP contribution in [0, 0.1) is 0 Å². The van der Waals surface area contributed by atoms with Crippen LogP contribution >= 0.6 is 0 Å². The van der Waals surface area contributed by atoms with Gasteiger partial charge in [-0.15, -0.1) is 10.1 Å². The zero-order valence-corrected chi connectivity index (χ0v) is 12.1. The van der Waals surface area contributed by atoms with Crippen LogP contribution in [-0.4, -0.2) is 31.8 Å². The standard InChI is InChI=1S/C14H12N6O3/c1-22-13-16-12(15)17-14(18-13)23-10-7-8-11(21)20(19-10)9-5-3-2-4-6-9/h2-8H,1H3,(H2,15,16,17,18). The molecule has 2 aromatic heterocycles. The smallest absolute Gasteiger partial charge is 0.331 e. The number of nitrogens with zero attached hydrogens (tertiary/aromatic N) is 5. The first-order chi connectivity index (χ1) is 11.2. The number of anilines is 1. The van der Waals surface area contributed by atoms with E-state index >= 15 is 0 Å². The lowest BCUT2D eigenvalue weighted by Gasteiger charge is -2.07. The largest absolute Gasteiger partial charge is 0.467 e. The van der Waals surface area contributed by atoms with Crippen molar-refractivity contribution >= 4 is 5.95 Å². The number of hydrogen-bond donors (Lipinski definition) is 1. The van der Waals surface area contributed by atoms with Gasteiger partial charge in [0.15, 0.2) is 0 Å². The highest BCUT2D eigenvalue weighted by molar-refractivity contribution is 5.31. The number of para-hydroxylation sites is 1. The van der Waals surface area contributed by atoms with E-state index in [1.54, 1.807) is 24.3 Å². The maximum atomic E-state index is 11.9. The van der Waals surface area contributed by atoms with E-state index in [-0.39, 0.29) is 29.4 Å². The Morgan fingerprint density at radius 2 is 1.74 bits per heavy atom. The molecule has 0 aliphatic carbocycles. The number of nitrogen functional groups attached to an aromatic ring is 1. The molecular weight excluding hydrogens is 300 g/mol. The van der Waals surface area contributed by atoms with E-state index in [0.29, 0.717) is 5.69 Å². The van der Waals surface area contributed by atoms with Crippen molar-refractivity contribution in [2.45, 2.75) is 0 Å². The molecule has 2 N–H and O–H groups in total. The summed E-state index contributed by atoms with van der Waals surface area (Å²) in [7, 11) is 1.40. The summed E-state index contributed by atoms with van der Waals surface area (Å²) >= 11 is 0. The molecular formula is C14H12N6O3. The van der Waals surface area contributed by atoms with Gasteiger partial charge in [-0.1, -0.05) is 18.2 Å². The highest BCUT2D eigenvalue weighted by Gasteiger charge is 2.09. The van der Waals surface area contributed by atoms with Gasteiger partial charge in [-0.3, -0.25) is 4.79 Å². The fourth-order valence-corrected chi connectivity index (χ4v) is 1.79. The molecule has 0 fully saturated rings. The fourth-order valence-electron chi connectivity index (χ4n) is 1.79. The van der Waals surface area contributed by atoms with Crippen molar-refractivity contribution in [1.82, 2.24) is 24.7 Å². The van der Waals surface area contributed by atoms with Crippen LogP contribution in [0.5, 0.6) is 17.9 Å². The molecule has 0 amide bonds. The second kappa shape index (κ2) is 6.10. The Morgan fingerprint density at radius 1 is 1.00 bits per heavy atom. The van der Waals surface area contributed by atoms with Crippen LogP contribution < -0.4 is 20.8 Å². The third-order valence-corrected chi connectivity index (χ3v) is 2.77. The van der Waals surface area contributed by atoms with Crippen molar-refractivity contribution in [2.75, 3.05) is 12.8 Å². The number of hydrogen-bond acceptors (Lipinski definition) is 8. The molecule has 1 aromatic carbocycles. The van der Waals surface area contributed by atoms with Gasteiger partial charge in [-0.25, -0.2) is 0 Å². The number of aromatic nitrogens is 5. The van der Waals surface area contributed by atoms with Gasteiger partial charge in [-0.2, -0.15) is 14.6 Å². The maximum Gasteiger partial charge on any atom is 0.331 e. The molecule has 9 nitrogen and oxygen atoms in total. The summed E-state index contributed by atoms with van der Waals surface area (Å²) in [5.74, 6) is 0.0735. The van der Waals surface area contributed by atoms with Gasteiger partial charge in [0, 0.05) is 12.1 Å². The Kier molecular flexibility index (Phi) is 3.83. The number of rotatable bonds is 4. The van der Waals surface area contributed by atoms with Crippen LogP contribution in [0.1, 0.15) is 0 Å². The zero-order valence-electron chi connectivity index (χ0n) is 12.1. The van der Waals surface area contributed by atoms with E-state index in [0.717, 1.165) is 0 Å². The van der Waals surface area contributed by atoms with Gasteiger partial charge in [0.05, 0.1) is 12.8 Å². The van der Waals surface area contributed by atoms with Crippen LogP contribution in [0.4, 0.5) is 5.95 Å². The molecule has 2 heterocycles. The Labute approximate surface area is 130 Å². The first-order valence-corrected chi connectivity index (χ1v) is 6.55. The topological polar surface area (TPSA) is 118 Å². The monoisotopic (exact) mass is 312 g/mol. The molecule has 0 unspecified atom stereocenters. The molecule has 0 aliphatic heterocycles. The third-order valence-electron chi connectivity index (χ3n) is 2.77. The van der Waals surface area contributed by atoms with Crippen molar-refractivity contribution in [3.63, 3.8) is 0 Å². The lowest BCUT2D eigenvalue weighted by molar-refractivity contribution is 0.355. The lowest BCUT2D eigenvalue weighted by atomic mass is 10.3. The Hall–Kier alpha value is -3.49. The number of benzene rings is 1. The number of ether oxygens (including phenoxy) is 2. The molecule has 0 radical (unpaired) electrons. The van der Waals surface area contributed by atoms with Gasteiger partial charge >= 0.3 is 12.0 Å². The van der Waals surface area contributed by atoms with Gasteiger partial charge in [0.1, 0.15) is 0 Å².